The van der Waals surface area contributed by atoms with Crippen molar-refractivity contribution in [2.75, 3.05) is 6.61 Å². The van der Waals surface area contributed by atoms with Crippen LogP contribution in [0.2, 0.25) is 0 Å². The van der Waals surface area contributed by atoms with E-state index in [9.17, 15) is 4.79 Å². The van der Waals surface area contributed by atoms with Gasteiger partial charge in [0.05, 0.1) is 5.60 Å². The highest BCUT2D eigenvalue weighted by molar-refractivity contribution is 5.91. The first-order valence-electron chi connectivity index (χ1n) is 3.90. The number of hydrogen-bond donors (Lipinski definition) is 0. The number of hydrogen-bond acceptors (Lipinski definition) is 2. The van der Waals surface area contributed by atoms with Crippen LogP contribution in [0.25, 0.3) is 0 Å². The van der Waals surface area contributed by atoms with Crippen LogP contribution in [0.15, 0.2) is 12.2 Å². The fraction of sp³-hybridized carbons (Fsp3) is 0.667. The average Bonchev–Trinajstić information content (AvgIpc) is 1.95. The first-order valence-corrected chi connectivity index (χ1v) is 3.90. The van der Waals surface area contributed by atoms with E-state index in [-0.39, 0.29) is 18.0 Å². The zero-order valence-corrected chi connectivity index (χ0v) is 7.26. The highest BCUT2D eigenvalue weighted by Gasteiger charge is 2.29. The first-order chi connectivity index (χ1) is 5.04. The molecule has 1 atom stereocenters. The number of ketones is 1. The largest absolute Gasteiger partial charge is 0.363 e. The molecule has 0 aliphatic carbocycles. The number of ether oxygens (including phenoxy) is 1. The predicted molar refractivity (Wildman–Crippen MR) is 43.3 cm³/mol. The Hall–Kier alpha value is -0.630. The van der Waals surface area contributed by atoms with Gasteiger partial charge in [-0.1, -0.05) is 13.8 Å². The quantitative estimate of drug-likeness (QED) is 0.573. The van der Waals surface area contributed by atoms with Gasteiger partial charge in [0.1, 0.15) is 6.61 Å². The van der Waals surface area contributed by atoms with Crippen molar-refractivity contribution in [3.63, 3.8) is 0 Å². The van der Waals surface area contributed by atoms with Crippen molar-refractivity contribution in [2.45, 2.75) is 26.4 Å². The maximum absolute atomic E-state index is 10.8. The van der Waals surface area contributed by atoms with Crippen LogP contribution >= 0.6 is 0 Å². The monoisotopic (exact) mass is 154 g/mol. The van der Waals surface area contributed by atoms with Gasteiger partial charge >= 0.3 is 0 Å². The summed E-state index contributed by atoms with van der Waals surface area (Å²) in [5, 5.41) is 0. The fourth-order valence-corrected chi connectivity index (χ4v) is 0.940. The van der Waals surface area contributed by atoms with E-state index in [0.717, 1.165) is 0 Å². The van der Waals surface area contributed by atoms with Gasteiger partial charge in [-0.3, -0.25) is 4.79 Å². The van der Waals surface area contributed by atoms with E-state index in [1.54, 1.807) is 6.08 Å². The van der Waals surface area contributed by atoms with Crippen LogP contribution in [-0.2, 0) is 9.53 Å². The number of rotatable bonds is 1. The van der Waals surface area contributed by atoms with Crippen molar-refractivity contribution in [3.8, 4) is 0 Å². The molecule has 2 nitrogen and oxygen atoms in total. The van der Waals surface area contributed by atoms with Gasteiger partial charge in [0.15, 0.2) is 5.78 Å². The maximum Gasteiger partial charge on any atom is 0.181 e. The van der Waals surface area contributed by atoms with E-state index in [1.165, 1.54) is 0 Å². The second kappa shape index (κ2) is 2.78. The van der Waals surface area contributed by atoms with Crippen molar-refractivity contribution >= 4 is 5.78 Å². The molecule has 0 amide bonds. The lowest BCUT2D eigenvalue weighted by atomic mass is 9.90. The molecular weight excluding hydrogens is 140 g/mol. The molecule has 1 aliphatic rings. The second-order valence-corrected chi connectivity index (χ2v) is 3.43. The zero-order valence-electron chi connectivity index (χ0n) is 7.26. The van der Waals surface area contributed by atoms with Gasteiger partial charge in [-0.2, -0.15) is 0 Å². The molecule has 0 aromatic heterocycles. The van der Waals surface area contributed by atoms with Crippen LogP contribution in [0.1, 0.15) is 20.8 Å². The minimum absolute atomic E-state index is 0.0584. The molecule has 0 spiro atoms. The SMILES string of the molecule is CC(C)C1(C)C=CC(=O)CO1. The number of carbonyl (C=O) groups is 1. The topological polar surface area (TPSA) is 26.3 Å². The highest BCUT2D eigenvalue weighted by Crippen LogP contribution is 2.25. The predicted octanol–water partition coefficient (Wildman–Crippen LogP) is 1.56. The third-order valence-electron chi connectivity index (χ3n) is 2.27. The Bertz CT molecular complexity index is 194. The van der Waals surface area contributed by atoms with Crippen molar-refractivity contribution in [3.05, 3.63) is 12.2 Å². The molecular formula is C9H14O2. The molecule has 0 radical (unpaired) electrons. The molecule has 0 aromatic carbocycles. The zero-order chi connectivity index (χ0) is 8.48. The minimum Gasteiger partial charge on any atom is -0.363 e. The molecule has 1 unspecified atom stereocenters. The smallest absolute Gasteiger partial charge is 0.181 e. The van der Waals surface area contributed by atoms with Crippen molar-refractivity contribution in [1.29, 1.82) is 0 Å². The Morgan fingerprint density at radius 3 is 2.64 bits per heavy atom. The molecule has 1 heterocycles. The summed E-state index contributed by atoms with van der Waals surface area (Å²) in [6.07, 6.45) is 3.47. The number of carbonyl (C=O) groups excluding carboxylic acids is 1. The van der Waals surface area contributed by atoms with Crippen LogP contribution in [0.3, 0.4) is 0 Å². The van der Waals surface area contributed by atoms with Crippen LogP contribution in [0, 0.1) is 5.92 Å². The fourth-order valence-electron chi connectivity index (χ4n) is 0.940. The molecule has 0 fully saturated rings. The molecule has 11 heavy (non-hydrogen) atoms. The maximum atomic E-state index is 10.8. The minimum atomic E-state index is -0.242. The van der Waals surface area contributed by atoms with Gasteiger partial charge in [-0.05, 0) is 25.0 Å². The van der Waals surface area contributed by atoms with Gasteiger partial charge in [-0.25, -0.2) is 0 Å². The highest BCUT2D eigenvalue weighted by atomic mass is 16.5. The van der Waals surface area contributed by atoms with E-state index in [0.29, 0.717) is 5.92 Å². The molecule has 0 N–H and O–H groups in total. The Balaban J connectivity index is 2.75. The second-order valence-electron chi connectivity index (χ2n) is 3.43. The van der Waals surface area contributed by atoms with Crippen molar-refractivity contribution < 1.29 is 9.53 Å². The molecule has 0 saturated carbocycles. The van der Waals surface area contributed by atoms with E-state index in [1.807, 2.05) is 13.0 Å². The summed E-state index contributed by atoms with van der Waals surface area (Å²) in [5.74, 6) is 0.468. The van der Waals surface area contributed by atoms with Crippen LogP contribution < -0.4 is 0 Å². The van der Waals surface area contributed by atoms with Gasteiger partial charge in [0.25, 0.3) is 0 Å². The lowest BCUT2D eigenvalue weighted by Gasteiger charge is -2.32. The molecule has 2 heteroatoms. The normalized spacial score (nSPS) is 31.5. The van der Waals surface area contributed by atoms with E-state index < -0.39 is 0 Å². The van der Waals surface area contributed by atoms with Crippen LogP contribution in [0.5, 0.6) is 0 Å². The van der Waals surface area contributed by atoms with Gasteiger partial charge in [0.2, 0.25) is 0 Å². The first kappa shape index (κ1) is 8.47. The molecule has 62 valence electrons. The average molecular weight is 154 g/mol. The molecule has 0 bridgehead atoms. The summed E-state index contributed by atoms with van der Waals surface area (Å²) in [6.45, 7) is 6.39. The van der Waals surface area contributed by atoms with Gasteiger partial charge < -0.3 is 4.74 Å². The summed E-state index contributed by atoms with van der Waals surface area (Å²) < 4.78 is 5.40. The Morgan fingerprint density at radius 1 is 1.64 bits per heavy atom. The molecule has 0 aromatic rings. The van der Waals surface area contributed by atoms with Crippen molar-refractivity contribution in [1.82, 2.24) is 0 Å². The van der Waals surface area contributed by atoms with Crippen LogP contribution in [-0.4, -0.2) is 18.0 Å². The van der Waals surface area contributed by atoms with E-state index in [4.69, 9.17) is 4.74 Å². The molecule has 1 rings (SSSR count). The summed E-state index contributed by atoms with van der Waals surface area (Å²) in [4.78, 5) is 10.8. The summed E-state index contributed by atoms with van der Waals surface area (Å²) >= 11 is 0. The van der Waals surface area contributed by atoms with Crippen LogP contribution in [0.4, 0.5) is 0 Å². The third-order valence-corrected chi connectivity index (χ3v) is 2.27. The Morgan fingerprint density at radius 2 is 2.27 bits per heavy atom. The molecule has 0 saturated heterocycles. The summed E-state index contributed by atoms with van der Waals surface area (Å²) in [6, 6.07) is 0. The van der Waals surface area contributed by atoms with E-state index in [2.05, 4.69) is 13.8 Å². The Labute approximate surface area is 67.2 Å². The van der Waals surface area contributed by atoms with Gasteiger partial charge in [-0.15, -0.1) is 0 Å². The lowest BCUT2D eigenvalue weighted by Crippen LogP contribution is -2.37. The third kappa shape index (κ3) is 1.69. The molecule has 1 aliphatic heterocycles. The standard InChI is InChI=1S/C9H14O2/c1-7(2)9(3)5-4-8(10)6-11-9/h4-5,7H,6H2,1-3H3. The van der Waals surface area contributed by atoms with Crippen molar-refractivity contribution in [2.24, 2.45) is 5.92 Å². The summed E-state index contributed by atoms with van der Waals surface area (Å²) in [5.41, 5.74) is -0.242. The lowest BCUT2D eigenvalue weighted by molar-refractivity contribution is -0.127. The Kier molecular flexibility index (Phi) is 2.14. The van der Waals surface area contributed by atoms with Gasteiger partial charge in [0, 0.05) is 0 Å². The summed E-state index contributed by atoms with van der Waals surface area (Å²) in [7, 11) is 0. The van der Waals surface area contributed by atoms with E-state index >= 15 is 0 Å².